The second-order valence-corrected chi connectivity index (χ2v) is 4.52. The number of halogens is 1. The van der Waals surface area contributed by atoms with Gasteiger partial charge in [-0.1, -0.05) is 6.07 Å². The third-order valence-electron chi connectivity index (χ3n) is 2.92. The number of nitrogens with zero attached hydrogens (tertiary/aromatic N) is 1. The van der Waals surface area contributed by atoms with Crippen LogP contribution in [0.1, 0.15) is 16.7 Å². The Bertz CT molecular complexity index is 662. The van der Waals surface area contributed by atoms with Gasteiger partial charge in [0.05, 0.1) is 24.4 Å². The minimum atomic E-state index is -0.406. The van der Waals surface area contributed by atoms with Crippen LogP contribution in [0.3, 0.4) is 0 Å². The molecule has 0 fully saturated rings. The maximum Gasteiger partial charge on any atom is 0.141 e. The van der Waals surface area contributed by atoms with E-state index in [9.17, 15) is 4.39 Å². The highest BCUT2D eigenvalue weighted by Crippen LogP contribution is 2.25. The van der Waals surface area contributed by atoms with Crippen LogP contribution in [0.5, 0.6) is 5.75 Å². The fraction of sp³-hybridized carbons (Fsp3) is 0.188. The van der Waals surface area contributed by atoms with Crippen LogP contribution in [0.15, 0.2) is 36.4 Å². The summed E-state index contributed by atoms with van der Waals surface area (Å²) in [6.07, 6.45) is 0. The van der Waals surface area contributed by atoms with Crippen LogP contribution in [0.2, 0.25) is 0 Å². The van der Waals surface area contributed by atoms with E-state index in [4.69, 9.17) is 10.00 Å². The molecule has 0 unspecified atom stereocenters. The van der Waals surface area contributed by atoms with E-state index in [1.807, 2.05) is 31.2 Å². The minimum absolute atomic E-state index is 0.318. The van der Waals surface area contributed by atoms with E-state index in [0.717, 1.165) is 17.0 Å². The fourth-order valence-corrected chi connectivity index (χ4v) is 1.97. The molecule has 0 saturated heterocycles. The normalized spacial score (nSPS) is 9.90. The molecule has 0 aliphatic heterocycles. The predicted octanol–water partition coefficient (Wildman–Crippen LogP) is 3.63. The Morgan fingerprint density at radius 1 is 1.25 bits per heavy atom. The SMILES string of the molecule is COc1ccc(C)cc1NCc1cc(F)cc(C#N)c1. The average molecular weight is 270 g/mol. The number of aryl methyl sites for hydroxylation is 1. The molecule has 0 saturated carbocycles. The quantitative estimate of drug-likeness (QED) is 0.922. The van der Waals surface area contributed by atoms with Gasteiger partial charge in [-0.2, -0.15) is 5.26 Å². The van der Waals surface area contributed by atoms with E-state index in [1.165, 1.54) is 12.1 Å². The van der Waals surface area contributed by atoms with Gasteiger partial charge >= 0.3 is 0 Å². The van der Waals surface area contributed by atoms with Gasteiger partial charge in [0.1, 0.15) is 11.6 Å². The van der Waals surface area contributed by atoms with Gasteiger partial charge in [-0.15, -0.1) is 0 Å². The lowest BCUT2D eigenvalue weighted by Gasteiger charge is -2.12. The summed E-state index contributed by atoms with van der Waals surface area (Å²) in [5.41, 5.74) is 2.98. The maximum absolute atomic E-state index is 13.3. The van der Waals surface area contributed by atoms with Crippen LogP contribution in [-0.4, -0.2) is 7.11 Å². The Labute approximate surface area is 117 Å². The Morgan fingerprint density at radius 3 is 2.75 bits per heavy atom. The third-order valence-corrected chi connectivity index (χ3v) is 2.92. The number of hydrogen-bond acceptors (Lipinski definition) is 3. The van der Waals surface area contributed by atoms with Gasteiger partial charge in [0.25, 0.3) is 0 Å². The summed E-state index contributed by atoms with van der Waals surface area (Å²) in [7, 11) is 1.60. The third kappa shape index (κ3) is 3.27. The van der Waals surface area contributed by atoms with E-state index in [0.29, 0.717) is 17.7 Å². The first-order valence-corrected chi connectivity index (χ1v) is 6.20. The maximum atomic E-state index is 13.3. The summed E-state index contributed by atoms with van der Waals surface area (Å²) in [6, 6.07) is 12.0. The molecule has 0 aliphatic carbocycles. The topological polar surface area (TPSA) is 45.0 Å². The van der Waals surface area contributed by atoms with Crippen LogP contribution in [0.4, 0.5) is 10.1 Å². The molecule has 1 N–H and O–H groups in total. The largest absolute Gasteiger partial charge is 0.495 e. The molecule has 4 heteroatoms. The smallest absolute Gasteiger partial charge is 0.141 e. The zero-order chi connectivity index (χ0) is 14.5. The summed E-state index contributed by atoms with van der Waals surface area (Å²) in [6.45, 7) is 2.41. The number of rotatable bonds is 4. The zero-order valence-corrected chi connectivity index (χ0v) is 11.4. The Hall–Kier alpha value is -2.54. The highest BCUT2D eigenvalue weighted by atomic mass is 19.1. The van der Waals surface area contributed by atoms with Gasteiger partial charge in [0, 0.05) is 6.54 Å². The van der Waals surface area contributed by atoms with Gasteiger partial charge < -0.3 is 10.1 Å². The predicted molar refractivity (Wildman–Crippen MR) is 76.2 cm³/mol. The first kappa shape index (κ1) is 13.9. The molecule has 0 heterocycles. The van der Waals surface area contributed by atoms with E-state index in [-0.39, 0.29) is 0 Å². The number of nitriles is 1. The standard InChI is InChI=1S/C16H15FN2O/c1-11-3-4-16(20-2)15(5-11)19-10-13-6-12(9-18)7-14(17)8-13/h3-8,19H,10H2,1-2H3. The summed E-state index contributed by atoms with van der Waals surface area (Å²) < 4.78 is 18.6. The van der Waals surface area contributed by atoms with Crippen LogP contribution >= 0.6 is 0 Å². The molecule has 102 valence electrons. The van der Waals surface area contributed by atoms with Crippen molar-refractivity contribution < 1.29 is 9.13 Å². The first-order chi connectivity index (χ1) is 9.62. The highest BCUT2D eigenvalue weighted by molar-refractivity contribution is 5.58. The molecule has 0 radical (unpaired) electrons. The summed E-state index contributed by atoms with van der Waals surface area (Å²) >= 11 is 0. The molecule has 2 aromatic rings. The van der Waals surface area contributed by atoms with Crippen molar-refractivity contribution in [3.8, 4) is 11.8 Å². The highest BCUT2D eigenvalue weighted by Gasteiger charge is 2.04. The number of ether oxygens (including phenoxy) is 1. The van der Waals surface area contributed by atoms with Crippen molar-refractivity contribution in [2.24, 2.45) is 0 Å². The van der Waals surface area contributed by atoms with Crippen molar-refractivity contribution >= 4 is 5.69 Å². The van der Waals surface area contributed by atoms with Crippen molar-refractivity contribution in [3.63, 3.8) is 0 Å². The fourth-order valence-electron chi connectivity index (χ4n) is 1.97. The second-order valence-electron chi connectivity index (χ2n) is 4.52. The molecule has 2 aromatic carbocycles. The van der Waals surface area contributed by atoms with Crippen LogP contribution in [-0.2, 0) is 6.54 Å². The van der Waals surface area contributed by atoms with Crippen LogP contribution < -0.4 is 10.1 Å². The monoisotopic (exact) mass is 270 g/mol. The Balaban J connectivity index is 2.19. The van der Waals surface area contributed by atoms with Gasteiger partial charge in [0.2, 0.25) is 0 Å². The minimum Gasteiger partial charge on any atom is -0.495 e. The molecule has 3 nitrogen and oxygen atoms in total. The second kappa shape index (κ2) is 6.07. The molecule has 2 rings (SSSR count). The lowest BCUT2D eigenvalue weighted by molar-refractivity contribution is 0.416. The molecular formula is C16H15FN2O. The Kier molecular flexibility index (Phi) is 4.21. The van der Waals surface area contributed by atoms with Crippen molar-refractivity contribution in [2.75, 3.05) is 12.4 Å². The van der Waals surface area contributed by atoms with Gasteiger partial charge in [0.15, 0.2) is 0 Å². The van der Waals surface area contributed by atoms with E-state index < -0.39 is 5.82 Å². The zero-order valence-electron chi connectivity index (χ0n) is 11.4. The lowest BCUT2D eigenvalue weighted by atomic mass is 10.1. The number of methoxy groups -OCH3 is 1. The van der Waals surface area contributed by atoms with Crippen LogP contribution in [0.25, 0.3) is 0 Å². The molecule has 0 aromatic heterocycles. The summed E-state index contributed by atoms with van der Waals surface area (Å²) in [4.78, 5) is 0. The number of benzene rings is 2. The van der Waals surface area contributed by atoms with Crippen molar-refractivity contribution in [2.45, 2.75) is 13.5 Å². The van der Waals surface area contributed by atoms with Crippen molar-refractivity contribution in [3.05, 3.63) is 58.9 Å². The first-order valence-electron chi connectivity index (χ1n) is 6.20. The molecule has 0 spiro atoms. The van der Waals surface area contributed by atoms with E-state index in [2.05, 4.69) is 5.32 Å². The lowest BCUT2D eigenvalue weighted by Crippen LogP contribution is -2.02. The number of anilines is 1. The molecule has 0 atom stereocenters. The Morgan fingerprint density at radius 2 is 2.05 bits per heavy atom. The summed E-state index contributed by atoms with van der Waals surface area (Å²) in [5.74, 6) is 0.324. The summed E-state index contributed by atoms with van der Waals surface area (Å²) in [5, 5.41) is 12.0. The van der Waals surface area contributed by atoms with Gasteiger partial charge in [-0.05, 0) is 48.4 Å². The van der Waals surface area contributed by atoms with E-state index in [1.54, 1.807) is 13.2 Å². The molecule has 0 bridgehead atoms. The van der Waals surface area contributed by atoms with Gasteiger partial charge in [-0.25, -0.2) is 4.39 Å². The number of nitrogens with one attached hydrogen (secondary N) is 1. The van der Waals surface area contributed by atoms with Gasteiger partial charge in [-0.3, -0.25) is 0 Å². The van der Waals surface area contributed by atoms with Crippen molar-refractivity contribution in [1.82, 2.24) is 0 Å². The molecule has 0 aliphatic rings. The molecule has 20 heavy (non-hydrogen) atoms. The van der Waals surface area contributed by atoms with Crippen LogP contribution in [0, 0.1) is 24.1 Å². The number of hydrogen-bond donors (Lipinski definition) is 1. The van der Waals surface area contributed by atoms with E-state index >= 15 is 0 Å². The molecule has 0 amide bonds. The average Bonchev–Trinajstić information content (AvgIpc) is 2.44. The van der Waals surface area contributed by atoms with Crippen molar-refractivity contribution in [1.29, 1.82) is 5.26 Å². The molecular weight excluding hydrogens is 255 g/mol.